The van der Waals surface area contributed by atoms with Gasteiger partial charge in [-0.2, -0.15) is 0 Å². The van der Waals surface area contributed by atoms with Crippen molar-refractivity contribution in [1.29, 1.82) is 0 Å². The second kappa shape index (κ2) is 3.45. The smallest absolute Gasteiger partial charge is 0.0987 e. The highest BCUT2D eigenvalue weighted by molar-refractivity contribution is 5.14. The molecule has 1 aliphatic rings. The fourth-order valence-corrected chi connectivity index (χ4v) is 1.25. The first-order chi connectivity index (χ1) is 4.88. The van der Waals surface area contributed by atoms with E-state index in [2.05, 4.69) is 25.2 Å². The first-order valence-corrected chi connectivity index (χ1v) is 3.79. The van der Waals surface area contributed by atoms with Crippen molar-refractivity contribution in [3.63, 3.8) is 0 Å². The monoisotopic (exact) mass is 138 g/mol. The molecular weight excluding hydrogens is 124 g/mol. The van der Waals surface area contributed by atoms with Crippen molar-refractivity contribution >= 4 is 0 Å². The second-order valence-electron chi connectivity index (χ2n) is 2.49. The molecule has 1 heteroatoms. The Bertz CT molecular complexity index is 156. The lowest BCUT2D eigenvalue weighted by Gasteiger charge is -2.16. The Labute approximate surface area is 62.4 Å². The van der Waals surface area contributed by atoms with Gasteiger partial charge >= 0.3 is 0 Å². The van der Waals surface area contributed by atoms with E-state index in [1.54, 1.807) is 7.11 Å². The van der Waals surface area contributed by atoms with Crippen molar-refractivity contribution in [3.8, 4) is 0 Å². The molecule has 1 aliphatic carbocycles. The zero-order chi connectivity index (χ0) is 7.40. The molecule has 1 unspecified atom stereocenters. The predicted molar refractivity (Wildman–Crippen MR) is 42.6 cm³/mol. The van der Waals surface area contributed by atoms with Gasteiger partial charge in [0.15, 0.2) is 0 Å². The van der Waals surface area contributed by atoms with Gasteiger partial charge in [0.05, 0.1) is 12.9 Å². The number of allylic oxidation sites excluding steroid dienone is 3. The summed E-state index contributed by atoms with van der Waals surface area (Å²) in [7, 11) is 1.74. The summed E-state index contributed by atoms with van der Waals surface area (Å²) in [4.78, 5) is 0. The molecule has 0 amide bonds. The van der Waals surface area contributed by atoms with E-state index < -0.39 is 0 Å². The Morgan fingerprint density at radius 3 is 3.00 bits per heavy atom. The average Bonchev–Trinajstić information content (AvgIpc) is 2.04. The quantitative estimate of drug-likeness (QED) is 0.533. The van der Waals surface area contributed by atoms with Crippen LogP contribution in [-0.2, 0) is 4.74 Å². The Morgan fingerprint density at radius 2 is 2.50 bits per heavy atom. The first-order valence-electron chi connectivity index (χ1n) is 3.79. The summed E-state index contributed by atoms with van der Waals surface area (Å²) in [5.41, 5.74) is 0. The normalized spacial score (nSPS) is 24.2. The summed E-state index contributed by atoms with van der Waals surface area (Å²) in [5, 5.41) is 0. The van der Waals surface area contributed by atoms with Gasteiger partial charge in [-0.25, -0.2) is 0 Å². The number of hydrogen-bond acceptors (Lipinski definition) is 1. The van der Waals surface area contributed by atoms with Crippen LogP contribution in [0, 0.1) is 5.92 Å². The van der Waals surface area contributed by atoms with Crippen molar-refractivity contribution in [3.05, 3.63) is 24.0 Å². The number of hydrogen-bond donors (Lipinski definition) is 0. The topological polar surface area (TPSA) is 9.23 Å². The molecule has 0 aliphatic heterocycles. The lowest BCUT2D eigenvalue weighted by atomic mass is 9.98. The van der Waals surface area contributed by atoms with Crippen LogP contribution in [0.15, 0.2) is 24.0 Å². The van der Waals surface area contributed by atoms with E-state index in [0.717, 1.165) is 18.6 Å². The number of methoxy groups -OCH3 is 1. The minimum absolute atomic E-state index is 0.527. The summed E-state index contributed by atoms with van der Waals surface area (Å²) < 4.78 is 5.20. The van der Waals surface area contributed by atoms with Crippen LogP contribution in [0.2, 0.25) is 0 Å². The third-order valence-corrected chi connectivity index (χ3v) is 1.86. The largest absolute Gasteiger partial charge is 0.501 e. The Kier molecular flexibility index (Phi) is 2.55. The third kappa shape index (κ3) is 1.41. The molecule has 0 radical (unpaired) electrons. The van der Waals surface area contributed by atoms with Crippen molar-refractivity contribution in [2.75, 3.05) is 7.11 Å². The molecule has 56 valence electrons. The van der Waals surface area contributed by atoms with Crippen LogP contribution in [0.3, 0.4) is 0 Å². The van der Waals surface area contributed by atoms with E-state index in [0.29, 0.717) is 5.92 Å². The second-order valence-corrected chi connectivity index (χ2v) is 2.49. The van der Waals surface area contributed by atoms with Crippen molar-refractivity contribution in [2.24, 2.45) is 5.92 Å². The standard InChI is InChI=1S/C9H14O/c1-3-8-6-4-5-7-9(8)10-2/h4,6-8H,3,5H2,1-2H3. The highest BCUT2D eigenvalue weighted by atomic mass is 16.5. The predicted octanol–water partition coefficient (Wildman–Crippen LogP) is 2.50. The molecule has 0 saturated heterocycles. The molecule has 0 aromatic heterocycles. The van der Waals surface area contributed by atoms with Crippen molar-refractivity contribution in [1.82, 2.24) is 0 Å². The minimum Gasteiger partial charge on any atom is -0.501 e. The van der Waals surface area contributed by atoms with E-state index >= 15 is 0 Å². The van der Waals surface area contributed by atoms with Gasteiger partial charge in [-0.1, -0.05) is 19.1 Å². The molecule has 0 saturated carbocycles. The lowest BCUT2D eigenvalue weighted by Crippen LogP contribution is -2.04. The molecule has 1 rings (SSSR count). The molecular formula is C9H14O. The molecule has 1 atom stereocenters. The SMILES string of the molecule is CCC1C=CCC=C1OC. The first kappa shape index (κ1) is 7.39. The van der Waals surface area contributed by atoms with E-state index in [-0.39, 0.29) is 0 Å². The average molecular weight is 138 g/mol. The zero-order valence-electron chi connectivity index (χ0n) is 6.63. The Morgan fingerprint density at radius 1 is 1.70 bits per heavy atom. The number of ether oxygens (including phenoxy) is 1. The van der Waals surface area contributed by atoms with E-state index in [1.807, 2.05) is 0 Å². The van der Waals surface area contributed by atoms with Gasteiger partial charge in [-0.3, -0.25) is 0 Å². The van der Waals surface area contributed by atoms with Crippen LogP contribution in [0.25, 0.3) is 0 Å². The van der Waals surface area contributed by atoms with Crippen LogP contribution < -0.4 is 0 Å². The molecule has 0 bridgehead atoms. The summed E-state index contributed by atoms with van der Waals surface area (Å²) in [6.07, 6.45) is 8.72. The third-order valence-electron chi connectivity index (χ3n) is 1.86. The van der Waals surface area contributed by atoms with E-state index in [4.69, 9.17) is 4.74 Å². The van der Waals surface area contributed by atoms with Gasteiger partial charge in [0, 0.05) is 5.92 Å². The molecule has 10 heavy (non-hydrogen) atoms. The maximum Gasteiger partial charge on any atom is 0.0987 e. The highest BCUT2D eigenvalue weighted by Crippen LogP contribution is 2.21. The van der Waals surface area contributed by atoms with E-state index in [9.17, 15) is 0 Å². The molecule has 0 heterocycles. The van der Waals surface area contributed by atoms with Crippen LogP contribution in [0.4, 0.5) is 0 Å². The molecule has 0 spiro atoms. The van der Waals surface area contributed by atoms with Gasteiger partial charge in [0.25, 0.3) is 0 Å². The van der Waals surface area contributed by atoms with Gasteiger partial charge in [-0.15, -0.1) is 0 Å². The summed E-state index contributed by atoms with van der Waals surface area (Å²) >= 11 is 0. The van der Waals surface area contributed by atoms with E-state index in [1.165, 1.54) is 0 Å². The lowest BCUT2D eigenvalue weighted by molar-refractivity contribution is 0.251. The minimum atomic E-state index is 0.527. The molecule has 1 nitrogen and oxygen atoms in total. The molecule has 0 aromatic rings. The Balaban J connectivity index is 2.59. The fourth-order valence-electron chi connectivity index (χ4n) is 1.25. The van der Waals surface area contributed by atoms with Crippen LogP contribution >= 0.6 is 0 Å². The fraction of sp³-hybridized carbons (Fsp3) is 0.556. The number of rotatable bonds is 2. The highest BCUT2D eigenvalue weighted by Gasteiger charge is 2.10. The summed E-state index contributed by atoms with van der Waals surface area (Å²) in [6.45, 7) is 2.17. The van der Waals surface area contributed by atoms with Gasteiger partial charge in [-0.05, 0) is 18.9 Å². The Hall–Kier alpha value is -0.720. The zero-order valence-corrected chi connectivity index (χ0v) is 6.63. The molecule has 0 fully saturated rings. The van der Waals surface area contributed by atoms with Gasteiger partial charge in [0.2, 0.25) is 0 Å². The van der Waals surface area contributed by atoms with Gasteiger partial charge < -0.3 is 4.74 Å². The maximum atomic E-state index is 5.20. The van der Waals surface area contributed by atoms with Gasteiger partial charge in [0.1, 0.15) is 0 Å². The van der Waals surface area contributed by atoms with Crippen LogP contribution in [0.5, 0.6) is 0 Å². The van der Waals surface area contributed by atoms with Crippen LogP contribution in [-0.4, -0.2) is 7.11 Å². The molecule has 0 aromatic carbocycles. The molecule has 0 N–H and O–H groups in total. The summed E-state index contributed by atoms with van der Waals surface area (Å²) in [5.74, 6) is 1.66. The summed E-state index contributed by atoms with van der Waals surface area (Å²) in [6, 6.07) is 0. The maximum absolute atomic E-state index is 5.20. The van der Waals surface area contributed by atoms with Crippen molar-refractivity contribution in [2.45, 2.75) is 19.8 Å². The van der Waals surface area contributed by atoms with Crippen LogP contribution in [0.1, 0.15) is 19.8 Å². The van der Waals surface area contributed by atoms with Crippen molar-refractivity contribution < 1.29 is 4.74 Å².